The Hall–Kier alpha value is -4.32. The molecule has 3 aliphatic rings. The SMILES string of the molecule is CNC1(NC)C=CC(C(Nc2ccc(C(=O)N3c4ccc(N(C)C)cc4Sc4cc(N(C)C)ccc43)cc2)C2=CCC(NC)(NC)C=C2)=CC1. The second kappa shape index (κ2) is 14.5. The van der Waals surface area contributed by atoms with Crippen molar-refractivity contribution in [3.8, 4) is 0 Å². The molecule has 0 bridgehead atoms. The van der Waals surface area contributed by atoms with Crippen LogP contribution in [0.5, 0.6) is 0 Å². The number of hydrogen-bond donors (Lipinski definition) is 5. The molecular weight excluding hydrogens is 641 g/mol. The number of anilines is 5. The van der Waals surface area contributed by atoms with Crippen molar-refractivity contribution in [1.29, 1.82) is 0 Å². The van der Waals surface area contributed by atoms with Gasteiger partial charge in [-0.15, -0.1) is 0 Å². The summed E-state index contributed by atoms with van der Waals surface area (Å²) < 4.78 is 0. The number of nitrogens with one attached hydrogen (secondary N) is 5. The molecule has 0 saturated heterocycles. The first kappa shape index (κ1) is 35.5. The molecule has 9 nitrogen and oxygen atoms in total. The Labute approximate surface area is 301 Å². The lowest BCUT2D eigenvalue weighted by Crippen LogP contribution is -2.53. The first-order valence-electron chi connectivity index (χ1n) is 17.1. The molecule has 0 radical (unpaired) electrons. The molecule has 1 aliphatic heterocycles. The van der Waals surface area contributed by atoms with Crippen LogP contribution in [0, 0.1) is 0 Å². The molecule has 0 fully saturated rings. The van der Waals surface area contributed by atoms with Gasteiger partial charge in [0.15, 0.2) is 0 Å². The maximum Gasteiger partial charge on any atom is 0.262 e. The summed E-state index contributed by atoms with van der Waals surface area (Å²) in [5.41, 5.74) is 7.38. The van der Waals surface area contributed by atoms with Crippen molar-refractivity contribution in [3.05, 3.63) is 114 Å². The molecule has 2 aliphatic carbocycles. The zero-order valence-electron chi connectivity index (χ0n) is 30.4. The lowest BCUT2D eigenvalue weighted by Gasteiger charge is -2.36. The minimum absolute atomic E-state index is 0.0621. The number of benzene rings is 3. The van der Waals surface area contributed by atoms with Crippen LogP contribution in [0.3, 0.4) is 0 Å². The van der Waals surface area contributed by atoms with Crippen molar-refractivity contribution < 1.29 is 4.79 Å². The molecule has 0 unspecified atom stereocenters. The number of nitrogens with zero attached hydrogens (tertiary/aromatic N) is 3. The number of carbonyl (C=O) groups is 1. The lowest BCUT2D eigenvalue weighted by atomic mass is 9.86. The van der Waals surface area contributed by atoms with Crippen LogP contribution in [0.4, 0.5) is 28.4 Å². The molecule has 0 aromatic heterocycles. The van der Waals surface area contributed by atoms with Crippen molar-refractivity contribution in [3.63, 3.8) is 0 Å². The van der Waals surface area contributed by atoms with E-state index < -0.39 is 0 Å². The third-order valence-corrected chi connectivity index (χ3v) is 11.3. The van der Waals surface area contributed by atoms with Crippen LogP contribution in [-0.4, -0.2) is 79.7 Å². The standard InChI is InChI=1S/C40H50N8OS/c1-41-39(42-2)21-17-27(18-22-39)37(28-19-23-40(43-3,44-4)24-20-28)45-30-11-9-29(10-12-30)38(49)48-33-15-13-31(46(5)6)25-35(33)50-36-26-32(47(7)8)14-16-34(36)48/h9-21,23,25-26,37,41-45H,22,24H2,1-8H3. The summed E-state index contributed by atoms with van der Waals surface area (Å²) >= 11 is 1.71. The number of hydrogen-bond acceptors (Lipinski definition) is 9. The van der Waals surface area contributed by atoms with Gasteiger partial charge in [0.2, 0.25) is 0 Å². The monoisotopic (exact) mass is 690 g/mol. The zero-order valence-corrected chi connectivity index (χ0v) is 31.2. The van der Waals surface area contributed by atoms with Gasteiger partial charge in [-0.2, -0.15) is 0 Å². The predicted molar refractivity (Wildman–Crippen MR) is 211 cm³/mol. The van der Waals surface area contributed by atoms with E-state index in [0.29, 0.717) is 5.56 Å². The first-order valence-corrected chi connectivity index (χ1v) is 17.9. The quantitative estimate of drug-likeness (QED) is 0.154. The van der Waals surface area contributed by atoms with E-state index in [1.807, 2.05) is 85.5 Å². The lowest BCUT2D eigenvalue weighted by molar-refractivity contribution is 0.0998. The molecule has 1 amide bonds. The molecule has 1 heterocycles. The number of rotatable bonds is 11. The highest BCUT2D eigenvalue weighted by Gasteiger charge is 2.32. The van der Waals surface area contributed by atoms with Crippen LogP contribution in [-0.2, 0) is 0 Å². The van der Waals surface area contributed by atoms with Gasteiger partial charge in [0.05, 0.1) is 28.7 Å². The van der Waals surface area contributed by atoms with Gasteiger partial charge in [0.1, 0.15) is 0 Å². The smallest absolute Gasteiger partial charge is 0.262 e. The van der Waals surface area contributed by atoms with Crippen LogP contribution < -0.4 is 41.3 Å². The van der Waals surface area contributed by atoms with E-state index in [2.05, 4.69) is 109 Å². The Bertz CT molecular complexity index is 1750. The number of fused-ring (bicyclic) bond motifs is 2. The third kappa shape index (κ3) is 6.86. The molecule has 6 rings (SSSR count). The third-order valence-electron chi connectivity index (χ3n) is 10.2. The summed E-state index contributed by atoms with van der Waals surface area (Å²) in [5, 5.41) is 17.4. The maximum atomic E-state index is 14.4. The van der Waals surface area contributed by atoms with Crippen molar-refractivity contribution in [1.82, 2.24) is 21.3 Å². The number of likely N-dealkylation sites (N-methyl/N-ethyl adjacent to an activating group) is 4. The molecule has 0 saturated carbocycles. The van der Waals surface area contributed by atoms with Gasteiger partial charge in [-0.05, 0) is 112 Å². The normalized spacial score (nSPS) is 17.1. The van der Waals surface area contributed by atoms with Crippen molar-refractivity contribution in [2.24, 2.45) is 0 Å². The Kier molecular flexibility index (Phi) is 10.3. The Morgan fingerprint density at radius 3 is 1.54 bits per heavy atom. The second-order valence-electron chi connectivity index (χ2n) is 13.4. The van der Waals surface area contributed by atoms with Crippen LogP contribution in [0.25, 0.3) is 0 Å². The van der Waals surface area contributed by atoms with Crippen LogP contribution >= 0.6 is 11.8 Å². The minimum atomic E-state index is -0.271. The molecule has 3 aromatic carbocycles. The molecule has 262 valence electrons. The average Bonchev–Trinajstić information content (AvgIpc) is 3.15. The summed E-state index contributed by atoms with van der Waals surface area (Å²) in [5.74, 6) is -0.0621. The number of carbonyl (C=O) groups excluding carboxylic acids is 1. The molecule has 0 spiro atoms. The van der Waals surface area contributed by atoms with Gasteiger partial charge in [-0.1, -0.05) is 36.1 Å². The minimum Gasteiger partial charge on any atom is -0.378 e. The summed E-state index contributed by atoms with van der Waals surface area (Å²) in [6.45, 7) is 0. The summed E-state index contributed by atoms with van der Waals surface area (Å²) in [6.07, 6.45) is 15.0. The van der Waals surface area contributed by atoms with Gasteiger partial charge < -0.3 is 15.1 Å². The molecule has 10 heteroatoms. The average molecular weight is 691 g/mol. The Balaban J connectivity index is 1.31. The Morgan fingerprint density at radius 2 is 1.16 bits per heavy atom. The molecule has 5 N–H and O–H groups in total. The number of amides is 1. The predicted octanol–water partition coefficient (Wildman–Crippen LogP) is 6.09. The highest BCUT2D eigenvalue weighted by Crippen LogP contribution is 2.50. The first-order chi connectivity index (χ1) is 24.0. The van der Waals surface area contributed by atoms with Crippen molar-refractivity contribution in [2.45, 2.75) is 40.0 Å². The largest absolute Gasteiger partial charge is 0.378 e. The summed E-state index contributed by atoms with van der Waals surface area (Å²) in [6, 6.07) is 20.4. The van der Waals surface area contributed by atoms with E-state index in [-0.39, 0.29) is 23.3 Å². The highest BCUT2D eigenvalue weighted by atomic mass is 32.2. The van der Waals surface area contributed by atoms with Crippen LogP contribution in [0.2, 0.25) is 0 Å². The fraction of sp³-hybridized carbons (Fsp3) is 0.325. The van der Waals surface area contributed by atoms with E-state index in [4.69, 9.17) is 0 Å². The van der Waals surface area contributed by atoms with Gasteiger partial charge >= 0.3 is 0 Å². The van der Waals surface area contributed by atoms with Gasteiger partial charge in [0.25, 0.3) is 5.91 Å². The second-order valence-corrected chi connectivity index (χ2v) is 14.5. The van der Waals surface area contributed by atoms with E-state index in [1.165, 1.54) is 11.1 Å². The highest BCUT2D eigenvalue weighted by molar-refractivity contribution is 7.99. The molecule has 0 atom stereocenters. The molecule has 3 aromatic rings. The van der Waals surface area contributed by atoms with Crippen LogP contribution in [0.1, 0.15) is 23.2 Å². The summed E-state index contributed by atoms with van der Waals surface area (Å²) in [7, 11) is 16.0. The summed E-state index contributed by atoms with van der Waals surface area (Å²) in [4.78, 5) is 22.6. The van der Waals surface area contributed by atoms with Crippen LogP contribution in [0.15, 0.2) is 118 Å². The van der Waals surface area contributed by atoms with E-state index in [9.17, 15) is 4.79 Å². The zero-order chi connectivity index (χ0) is 35.6. The van der Waals surface area contributed by atoms with Crippen molar-refractivity contribution in [2.75, 3.05) is 76.4 Å². The van der Waals surface area contributed by atoms with E-state index in [0.717, 1.165) is 51.1 Å². The topological polar surface area (TPSA) is 86.9 Å². The van der Waals surface area contributed by atoms with Gasteiger partial charge in [-0.3, -0.25) is 31.0 Å². The maximum absolute atomic E-state index is 14.4. The van der Waals surface area contributed by atoms with Gasteiger partial charge in [-0.25, -0.2) is 0 Å². The molecule has 50 heavy (non-hydrogen) atoms. The van der Waals surface area contributed by atoms with E-state index >= 15 is 0 Å². The Morgan fingerprint density at radius 1 is 0.700 bits per heavy atom. The fourth-order valence-corrected chi connectivity index (χ4v) is 7.78. The van der Waals surface area contributed by atoms with Crippen molar-refractivity contribution >= 4 is 46.1 Å². The van der Waals surface area contributed by atoms with E-state index in [1.54, 1.807) is 11.8 Å². The fourth-order valence-electron chi connectivity index (χ4n) is 6.65. The van der Waals surface area contributed by atoms with Gasteiger partial charge in [0, 0.05) is 73.4 Å². The molecular formula is C40H50N8OS.